The minimum absolute atomic E-state index is 0. The number of aliphatic imine (C=N–C) groups is 1. The molecule has 0 saturated carbocycles. The summed E-state index contributed by atoms with van der Waals surface area (Å²) in [4.78, 5) is 16.7. The van der Waals surface area contributed by atoms with Crippen molar-refractivity contribution < 1.29 is 14.3 Å². The van der Waals surface area contributed by atoms with E-state index in [4.69, 9.17) is 14.9 Å². The number of hydrogen-bond donors (Lipinski definition) is 1. The van der Waals surface area contributed by atoms with Gasteiger partial charge in [-0.3, -0.25) is 10.2 Å². The Bertz CT molecular complexity index is 1190. The van der Waals surface area contributed by atoms with Crippen LogP contribution in [0.5, 0.6) is 11.5 Å². The topological polar surface area (TPSA) is 87.3 Å². The highest BCUT2D eigenvalue weighted by Gasteiger charge is 2.35. The van der Waals surface area contributed by atoms with Gasteiger partial charge < -0.3 is 9.47 Å². The van der Waals surface area contributed by atoms with Crippen molar-refractivity contribution >= 4 is 52.2 Å². The molecule has 0 bridgehead atoms. The molecular weight excluding hydrogens is 472 g/mol. The Balaban J connectivity index is 0.00000324. The number of carbonyl (C=O) groups is 1. The fraction of sp³-hybridized carbons (Fsp3) is 0.200. The van der Waals surface area contributed by atoms with E-state index in [0.29, 0.717) is 29.7 Å². The van der Waals surface area contributed by atoms with Crippen molar-refractivity contribution in [3.8, 4) is 11.5 Å². The number of thioether (sulfide) groups is 1. The Morgan fingerprint density at radius 3 is 2.50 bits per heavy atom. The summed E-state index contributed by atoms with van der Waals surface area (Å²) in [5.41, 5.74) is 1.93. The number of rotatable bonds is 9. The van der Waals surface area contributed by atoms with Gasteiger partial charge in [0, 0.05) is 5.56 Å². The molecule has 2 aromatic carbocycles. The van der Waals surface area contributed by atoms with Gasteiger partial charge >= 0.3 is 0 Å². The summed E-state index contributed by atoms with van der Waals surface area (Å²) >= 11 is 1.32. The Hall–Kier alpha value is -3.36. The fourth-order valence-electron chi connectivity index (χ4n) is 3.33. The van der Waals surface area contributed by atoms with Gasteiger partial charge in [0.05, 0.1) is 5.57 Å². The van der Waals surface area contributed by atoms with Crippen LogP contribution in [-0.2, 0) is 11.2 Å². The highest BCUT2D eigenvalue weighted by Crippen LogP contribution is 2.30. The average Bonchev–Trinajstić information content (AvgIpc) is 3.25. The SMILES string of the molecule is C=CCc1ccccc1OCCOc1ccccc1/C=C1\C(=N)N2N=C(CC)SC2=NC1=O.Cl. The minimum atomic E-state index is -0.455. The lowest BCUT2D eigenvalue weighted by atomic mass is 10.1. The lowest BCUT2D eigenvalue weighted by molar-refractivity contribution is -0.114. The molecule has 176 valence electrons. The van der Waals surface area contributed by atoms with Crippen LogP contribution in [0, 0.1) is 5.41 Å². The summed E-state index contributed by atoms with van der Waals surface area (Å²) in [7, 11) is 0. The second-order valence-electron chi connectivity index (χ2n) is 7.20. The molecule has 0 fully saturated rings. The highest BCUT2D eigenvalue weighted by molar-refractivity contribution is 8.26. The van der Waals surface area contributed by atoms with Crippen LogP contribution in [0.1, 0.15) is 24.5 Å². The monoisotopic (exact) mass is 496 g/mol. The number of amides is 1. The number of halogens is 1. The standard InChI is InChI=1S/C25H24N4O3S.ClH/c1-3-9-17-10-5-7-12-20(17)31-14-15-32-21-13-8-6-11-18(21)16-19-23(26)29-25(27-24(19)30)33-22(4-2)28-29;/h3,5-8,10-13,16,26H,1,4,9,14-15H2,2H3;1H/b19-16+,26-23?;. The molecule has 0 saturated heterocycles. The maximum absolute atomic E-state index is 12.6. The van der Waals surface area contributed by atoms with Crippen molar-refractivity contribution in [2.45, 2.75) is 19.8 Å². The van der Waals surface area contributed by atoms with Crippen molar-refractivity contribution in [1.82, 2.24) is 5.01 Å². The van der Waals surface area contributed by atoms with Crippen LogP contribution in [0.4, 0.5) is 0 Å². The zero-order chi connectivity index (χ0) is 23.2. The molecule has 0 aromatic heterocycles. The minimum Gasteiger partial charge on any atom is -0.490 e. The molecule has 0 unspecified atom stereocenters. The maximum atomic E-state index is 12.6. The van der Waals surface area contributed by atoms with Crippen LogP contribution in [0.15, 0.2) is 76.9 Å². The Labute approximate surface area is 209 Å². The van der Waals surface area contributed by atoms with Gasteiger partial charge in [-0.25, -0.2) is 0 Å². The van der Waals surface area contributed by atoms with E-state index in [1.807, 2.05) is 61.5 Å². The number of allylic oxidation sites excluding steroid dienone is 1. The number of ether oxygens (including phenoxy) is 2. The number of benzene rings is 2. The van der Waals surface area contributed by atoms with Gasteiger partial charge in [0.15, 0.2) is 5.84 Å². The van der Waals surface area contributed by atoms with Crippen LogP contribution in [0.2, 0.25) is 0 Å². The van der Waals surface area contributed by atoms with E-state index in [9.17, 15) is 4.79 Å². The smallest absolute Gasteiger partial charge is 0.283 e. The van der Waals surface area contributed by atoms with Crippen molar-refractivity contribution in [2.75, 3.05) is 13.2 Å². The van der Waals surface area contributed by atoms with Gasteiger partial charge in [-0.05, 0) is 48.4 Å². The second-order valence-corrected chi connectivity index (χ2v) is 8.24. The molecule has 0 radical (unpaired) electrons. The van der Waals surface area contributed by atoms with E-state index in [1.54, 1.807) is 6.08 Å². The third-order valence-electron chi connectivity index (χ3n) is 4.95. The molecule has 2 aliphatic rings. The summed E-state index contributed by atoms with van der Waals surface area (Å²) in [6, 6.07) is 15.2. The Kier molecular flexibility index (Phi) is 8.67. The maximum Gasteiger partial charge on any atom is 0.283 e. The molecule has 2 heterocycles. The number of hydrazone groups is 1. The summed E-state index contributed by atoms with van der Waals surface area (Å²) in [6.45, 7) is 6.44. The van der Waals surface area contributed by atoms with Gasteiger partial charge in [0.2, 0.25) is 5.17 Å². The second kappa shape index (κ2) is 11.7. The fourth-order valence-corrected chi connectivity index (χ4v) is 4.16. The molecular formula is C25H25ClN4O3S. The lowest BCUT2D eigenvalue weighted by Crippen LogP contribution is -2.35. The predicted molar refractivity (Wildman–Crippen MR) is 140 cm³/mol. The first-order valence-corrected chi connectivity index (χ1v) is 11.4. The van der Waals surface area contributed by atoms with Gasteiger partial charge in [-0.2, -0.15) is 15.1 Å². The molecule has 0 spiro atoms. The average molecular weight is 497 g/mol. The highest BCUT2D eigenvalue weighted by atomic mass is 35.5. The van der Waals surface area contributed by atoms with E-state index in [0.717, 1.165) is 29.2 Å². The van der Waals surface area contributed by atoms with E-state index >= 15 is 0 Å². The summed E-state index contributed by atoms with van der Waals surface area (Å²) < 4.78 is 11.8. The van der Waals surface area contributed by atoms with E-state index in [2.05, 4.69) is 16.7 Å². The van der Waals surface area contributed by atoms with Crippen LogP contribution >= 0.6 is 24.2 Å². The van der Waals surface area contributed by atoms with Crippen LogP contribution in [0.3, 0.4) is 0 Å². The first kappa shape index (κ1) is 25.3. The molecule has 9 heteroatoms. The zero-order valence-corrected chi connectivity index (χ0v) is 20.3. The largest absolute Gasteiger partial charge is 0.490 e. The molecule has 2 aromatic rings. The number of para-hydroxylation sites is 2. The molecule has 34 heavy (non-hydrogen) atoms. The van der Waals surface area contributed by atoms with Crippen molar-refractivity contribution in [3.63, 3.8) is 0 Å². The molecule has 0 aliphatic carbocycles. The first-order chi connectivity index (χ1) is 16.1. The molecule has 4 rings (SSSR count). The van der Waals surface area contributed by atoms with Gasteiger partial charge in [0.1, 0.15) is 29.8 Å². The molecule has 1 N–H and O–H groups in total. The van der Waals surface area contributed by atoms with Crippen LogP contribution in [-0.4, -0.2) is 40.2 Å². The first-order valence-electron chi connectivity index (χ1n) is 10.6. The number of nitrogens with zero attached hydrogens (tertiary/aromatic N) is 3. The molecule has 0 atom stereocenters. The predicted octanol–water partition coefficient (Wildman–Crippen LogP) is 5.32. The van der Waals surface area contributed by atoms with E-state index in [1.165, 1.54) is 16.8 Å². The van der Waals surface area contributed by atoms with Crippen molar-refractivity contribution in [2.24, 2.45) is 10.1 Å². The number of nitrogens with one attached hydrogen (secondary N) is 1. The van der Waals surface area contributed by atoms with Gasteiger partial charge in [-0.15, -0.1) is 19.0 Å². The van der Waals surface area contributed by atoms with Crippen molar-refractivity contribution in [3.05, 3.63) is 77.9 Å². The third kappa shape index (κ3) is 5.58. The van der Waals surface area contributed by atoms with E-state index < -0.39 is 5.91 Å². The summed E-state index contributed by atoms with van der Waals surface area (Å²) in [6.07, 6.45) is 4.92. The quantitative estimate of drug-likeness (QED) is 0.288. The number of amidine groups is 2. The zero-order valence-electron chi connectivity index (χ0n) is 18.7. The van der Waals surface area contributed by atoms with Gasteiger partial charge in [0.25, 0.3) is 5.91 Å². The number of fused-ring (bicyclic) bond motifs is 1. The molecule has 2 aliphatic heterocycles. The Morgan fingerprint density at radius 2 is 1.76 bits per heavy atom. The molecule has 7 nitrogen and oxygen atoms in total. The number of hydrogen-bond acceptors (Lipinski definition) is 6. The van der Waals surface area contributed by atoms with Crippen LogP contribution in [0.25, 0.3) is 6.08 Å². The van der Waals surface area contributed by atoms with Crippen molar-refractivity contribution in [1.29, 1.82) is 5.41 Å². The summed E-state index contributed by atoms with van der Waals surface area (Å²) in [5, 5.41) is 15.5. The van der Waals surface area contributed by atoms with E-state index in [-0.39, 0.29) is 23.8 Å². The lowest BCUT2D eigenvalue weighted by Gasteiger charge is -2.20. The van der Waals surface area contributed by atoms with Gasteiger partial charge in [-0.1, -0.05) is 49.4 Å². The summed E-state index contributed by atoms with van der Waals surface area (Å²) in [5.74, 6) is 0.958. The van der Waals surface area contributed by atoms with Crippen LogP contribution < -0.4 is 9.47 Å². The Morgan fingerprint density at radius 1 is 1.09 bits per heavy atom. The normalized spacial score (nSPS) is 15.9. The number of carbonyl (C=O) groups excluding carboxylic acids is 1. The third-order valence-corrected chi connectivity index (χ3v) is 6.01. The molecule has 1 amide bonds.